The zero-order valence-electron chi connectivity index (χ0n) is 10.3. The topological polar surface area (TPSA) is 52.1 Å². The molecule has 1 saturated heterocycles. The highest BCUT2D eigenvalue weighted by Crippen LogP contribution is 2.32. The minimum atomic E-state index is -0.340. The van der Waals surface area contributed by atoms with Crippen LogP contribution in [0.15, 0.2) is 30.5 Å². The van der Waals surface area contributed by atoms with Gasteiger partial charge in [-0.05, 0) is 6.07 Å². The SMILES string of the molecule is CN(CC1(C#N)COC1)c1c[nH]c2ccccc12. The molecule has 0 radical (unpaired) electrons. The summed E-state index contributed by atoms with van der Waals surface area (Å²) in [5.41, 5.74) is 1.91. The van der Waals surface area contributed by atoms with Gasteiger partial charge in [0, 0.05) is 30.7 Å². The van der Waals surface area contributed by atoms with Gasteiger partial charge >= 0.3 is 0 Å². The predicted molar refractivity (Wildman–Crippen MR) is 70.4 cm³/mol. The first kappa shape index (κ1) is 11.1. The highest BCUT2D eigenvalue weighted by Gasteiger charge is 2.40. The van der Waals surface area contributed by atoms with Crippen LogP contribution in [0.3, 0.4) is 0 Å². The van der Waals surface area contributed by atoms with Crippen LogP contribution in [0.1, 0.15) is 0 Å². The van der Waals surface area contributed by atoms with Crippen LogP contribution in [0.25, 0.3) is 10.9 Å². The number of aromatic amines is 1. The molecule has 0 bridgehead atoms. The Labute approximate surface area is 106 Å². The Balaban J connectivity index is 1.88. The van der Waals surface area contributed by atoms with Gasteiger partial charge in [0.2, 0.25) is 0 Å². The van der Waals surface area contributed by atoms with E-state index in [1.165, 1.54) is 5.39 Å². The largest absolute Gasteiger partial charge is 0.378 e. The zero-order valence-corrected chi connectivity index (χ0v) is 10.3. The van der Waals surface area contributed by atoms with Gasteiger partial charge < -0.3 is 14.6 Å². The molecule has 92 valence electrons. The second kappa shape index (κ2) is 4.04. The van der Waals surface area contributed by atoms with E-state index in [4.69, 9.17) is 4.74 Å². The molecule has 1 aromatic carbocycles. The monoisotopic (exact) mass is 241 g/mol. The number of anilines is 1. The van der Waals surface area contributed by atoms with Crippen molar-refractivity contribution in [3.05, 3.63) is 30.5 Å². The smallest absolute Gasteiger partial charge is 0.121 e. The van der Waals surface area contributed by atoms with Crippen molar-refractivity contribution in [1.82, 2.24) is 4.98 Å². The van der Waals surface area contributed by atoms with Crippen molar-refractivity contribution in [2.45, 2.75) is 0 Å². The van der Waals surface area contributed by atoms with Crippen LogP contribution in [0, 0.1) is 16.7 Å². The van der Waals surface area contributed by atoms with Gasteiger partial charge in [0.05, 0.1) is 25.0 Å². The lowest BCUT2D eigenvalue weighted by Gasteiger charge is -2.38. The third-order valence-corrected chi connectivity index (χ3v) is 3.51. The molecule has 0 saturated carbocycles. The van der Waals surface area contributed by atoms with Gasteiger partial charge in [-0.15, -0.1) is 0 Å². The normalized spacial score (nSPS) is 17.1. The second-order valence-electron chi connectivity index (χ2n) is 4.96. The number of nitriles is 1. The van der Waals surface area contributed by atoms with E-state index in [0.29, 0.717) is 19.8 Å². The highest BCUT2D eigenvalue weighted by molar-refractivity contribution is 5.92. The lowest BCUT2D eigenvalue weighted by Crippen LogP contribution is -2.49. The number of ether oxygens (including phenoxy) is 1. The van der Waals surface area contributed by atoms with E-state index in [1.54, 1.807) is 0 Å². The number of rotatable bonds is 3. The molecular formula is C14H15N3O. The molecule has 1 aliphatic rings. The van der Waals surface area contributed by atoms with Crippen molar-refractivity contribution >= 4 is 16.6 Å². The summed E-state index contributed by atoms with van der Waals surface area (Å²) in [5, 5.41) is 10.4. The molecule has 0 unspecified atom stereocenters. The van der Waals surface area contributed by atoms with Crippen LogP contribution in [0.2, 0.25) is 0 Å². The second-order valence-corrected chi connectivity index (χ2v) is 4.96. The predicted octanol–water partition coefficient (Wildman–Crippen LogP) is 2.14. The number of aromatic nitrogens is 1. The quantitative estimate of drug-likeness (QED) is 0.895. The average Bonchev–Trinajstić information content (AvgIpc) is 2.77. The molecule has 0 aliphatic carbocycles. The number of benzene rings is 1. The summed E-state index contributed by atoms with van der Waals surface area (Å²) >= 11 is 0. The summed E-state index contributed by atoms with van der Waals surface area (Å²) < 4.78 is 5.18. The number of nitrogens with zero attached hydrogens (tertiary/aromatic N) is 2. The molecule has 1 aromatic heterocycles. The molecule has 0 amide bonds. The maximum Gasteiger partial charge on any atom is 0.121 e. The summed E-state index contributed by atoms with van der Waals surface area (Å²) in [6.07, 6.45) is 2.00. The molecular weight excluding hydrogens is 226 g/mol. The first-order valence-electron chi connectivity index (χ1n) is 6.00. The van der Waals surface area contributed by atoms with Crippen LogP contribution in [-0.2, 0) is 4.74 Å². The third-order valence-electron chi connectivity index (χ3n) is 3.51. The van der Waals surface area contributed by atoms with Gasteiger partial charge in [0.25, 0.3) is 0 Å². The van der Waals surface area contributed by atoms with Crippen molar-refractivity contribution in [3.8, 4) is 6.07 Å². The molecule has 3 rings (SSSR count). The van der Waals surface area contributed by atoms with Gasteiger partial charge in [-0.2, -0.15) is 5.26 Å². The summed E-state index contributed by atoms with van der Waals surface area (Å²) in [6, 6.07) is 10.6. The van der Waals surface area contributed by atoms with E-state index in [-0.39, 0.29) is 5.41 Å². The maximum absolute atomic E-state index is 9.23. The van der Waals surface area contributed by atoms with E-state index in [2.05, 4.69) is 28.1 Å². The molecule has 1 aliphatic heterocycles. The Morgan fingerprint density at radius 3 is 2.89 bits per heavy atom. The maximum atomic E-state index is 9.23. The Kier molecular flexibility index (Phi) is 2.49. The van der Waals surface area contributed by atoms with Crippen LogP contribution < -0.4 is 4.90 Å². The summed E-state index contributed by atoms with van der Waals surface area (Å²) in [7, 11) is 2.02. The fourth-order valence-corrected chi connectivity index (χ4v) is 2.45. The number of para-hydroxylation sites is 1. The third kappa shape index (κ3) is 1.64. The van der Waals surface area contributed by atoms with Crippen LogP contribution in [-0.4, -0.2) is 31.8 Å². The lowest BCUT2D eigenvalue weighted by atomic mass is 9.87. The van der Waals surface area contributed by atoms with Crippen molar-refractivity contribution in [2.75, 3.05) is 31.7 Å². The fourth-order valence-electron chi connectivity index (χ4n) is 2.45. The van der Waals surface area contributed by atoms with E-state index in [0.717, 1.165) is 11.2 Å². The molecule has 1 fully saturated rings. The minimum absolute atomic E-state index is 0.340. The first-order valence-corrected chi connectivity index (χ1v) is 6.00. The molecule has 4 nitrogen and oxygen atoms in total. The van der Waals surface area contributed by atoms with Crippen molar-refractivity contribution in [2.24, 2.45) is 5.41 Å². The Morgan fingerprint density at radius 2 is 2.22 bits per heavy atom. The van der Waals surface area contributed by atoms with E-state index >= 15 is 0 Å². The zero-order chi connectivity index (χ0) is 12.6. The highest BCUT2D eigenvalue weighted by atomic mass is 16.5. The molecule has 4 heteroatoms. The molecule has 1 N–H and O–H groups in total. The first-order chi connectivity index (χ1) is 8.74. The Morgan fingerprint density at radius 1 is 1.44 bits per heavy atom. The summed E-state index contributed by atoms with van der Waals surface area (Å²) in [4.78, 5) is 5.38. The van der Waals surface area contributed by atoms with Crippen molar-refractivity contribution in [1.29, 1.82) is 5.26 Å². The molecule has 0 spiro atoms. The fraction of sp³-hybridized carbons (Fsp3) is 0.357. The van der Waals surface area contributed by atoms with Gasteiger partial charge in [0.15, 0.2) is 0 Å². The van der Waals surface area contributed by atoms with Crippen LogP contribution in [0.5, 0.6) is 0 Å². The molecule has 2 aromatic rings. The van der Waals surface area contributed by atoms with Gasteiger partial charge in [-0.3, -0.25) is 0 Å². The number of hydrogen-bond donors (Lipinski definition) is 1. The van der Waals surface area contributed by atoms with E-state index in [9.17, 15) is 5.26 Å². The Bertz CT molecular complexity index is 607. The minimum Gasteiger partial charge on any atom is -0.378 e. The molecule has 18 heavy (non-hydrogen) atoms. The average molecular weight is 241 g/mol. The van der Waals surface area contributed by atoms with Crippen LogP contribution in [0.4, 0.5) is 5.69 Å². The standard InChI is InChI=1S/C14H15N3O/c1-17(8-14(7-15)9-18-10-14)13-6-16-12-5-3-2-4-11(12)13/h2-6,16H,8-10H2,1H3. The number of H-pyrrole nitrogens is 1. The number of fused-ring (bicyclic) bond motifs is 1. The van der Waals surface area contributed by atoms with Gasteiger partial charge in [-0.1, -0.05) is 18.2 Å². The number of nitrogens with one attached hydrogen (secondary N) is 1. The number of hydrogen-bond acceptors (Lipinski definition) is 3. The van der Waals surface area contributed by atoms with Crippen molar-refractivity contribution < 1.29 is 4.74 Å². The van der Waals surface area contributed by atoms with Gasteiger partial charge in [0.1, 0.15) is 5.41 Å². The van der Waals surface area contributed by atoms with Crippen molar-refractivity contribution in [3.63, 3.8) is 0 Å². The summed E-state index contributed by atoms with van der Waals surface area (Å²) in [6.45, 7) is 1.78. The van der Waals surface area contributed by atoms with Gasteiger partial charge in [-0.25, -0.2) is 0 Å². The van der Waals surface area contributed by atoms with Crippen LogP contribution >= 0.6 is 0 Å². The Hall–Kier alpha value is -1.99. The summed E-state index contributed by atoms with van der Waals surface area (Å²) in [5.74, 6) is 0. The molecule has 0 atom stereocenters. The lowest BCUT2D eigenvalue weighted by molar-refractivity contribution is -0.0716. The van der Waals surface area contributed by atoms with E-state index in [1.807, 2.05) is 25.4 Å². The van der Waals surface area contributed by atoms with E-state index < -0.39 is 0 Å². The molecule has 2 heterocycles.